The Morgan fingerprint density at radius 2 is 1.17 bits per heavy atom. The fraction of sp³-hybridized carbons (Fsp3) is 1.00. The minimum Gasteiger partial charge on any atom is -0.314 e. The number of rotatable bonds is 1. The third kappa shape index (κ3) is 1.95. The van der Waals surface area contributed by atoms with E-state index >= 15 is 0 Å². The summed E-state index contributed by atoms with van der Waals surface area (Å²) in [5, 5.41) is 13.9. The van der Waals surface area contributed by atoms with Crippen LogP contribution < -0.4 is 21.3 Å². The molecule has 0 unspecified atom stereocenters. The molecule has 0 bridgehead atoms. The van der Waals surface area contributed by atoms with Crippen LogP contribution in [-0.2, 0) is 0 Å². The molecule has 12 heavy (non-hydrogen) atoms. The molecule has 0 saturated carbocycles. The zero-order chi connectivity index (χ0) is 8.23. The molecule has 2 atom stereocenters. The van der Waals surface area contributed by atoms with E-state index in [1.165, 1.54) is 0 Å². The quantitative estimate of drug-likeness (QED) is 0.372. The summed E-state index contributed by atoms with van der Waals surface area (Å²) >= 11 is 0. The first-order chi connectivity index (χ1) is 5.97. The van der Waals surface area contributed by atoms with Gasteiger partial charge in [0.25, 0.3) is 0 Å². The van der Waals surface area contributed by atoms with Crippen LogP contribution in [0.3, 0.4) is 0 Å². The Morgan fingerprint density at radius 3 is 1.50 bits per heavy atom. The van der Waals surface area contributed by atoms with Gasteiger partial charge in [0.1, 0.15) is 0 Å². The van der Waals surface area contributed by atoms with E-state index in [0.717, 1.165) is 39.3 Å². The highest BCUT2D eigenvalue weighted by Gasteiger charge is 2.23. The Morgan fingerprint density at radius 1 is 0.667 bits per heavy atom. The van der Waals surface area contributed by atoms with Crippen molar-refractivity contribution in [2.45, 2.75) is 12.1 Å². The summed E-state index contributed by atoms with van der Waals surface area (Å²) in [6.45, 7) is 6.61. The average molecular weight is 170 g/mol. The van der Waals surface area contributed by atoms with Gasteiger partial charge in [-0.15, -0.1) is 0 Å². The van der Waals surface area contributed by atoms with Crippen LogP contribution in [0.4, 0.5) is 0 Å². The molecule has 0 spiro atoms. The zero-order valence-electron chi connectivity index (χ0n) is 7.40. The SMILES string of the molecule is C1CN[C@@H]([C@H]2CNCCN2)CN1. The van der Waals surface area contributed by atoms with Crippen molar-refractivity contribution in [3.63, 3.8) is 0 Å². The minimum absolute atomic E-state index is 0.603. The second-order valence-electron chi connectivity index (χ2n) is 3.53. The monoisotopic (exact) mass is 170 g/mol. The highest BCUT2D eigenvalue weighted by Crippen LogP contribution is 1.97. The summed E-state index contributed by atoms with van der Waals surface area (Å²) in [5.74, 6) is 0. The summed E-state index contributed by atoms with van der Waals surface area (Å²) in [4.78, 5) is 0. The van der Waals surface area contributed by atoms with E-state index in [9.17, 15) is 0 Å². The lowest BCUT2D eigenvalue weighted by Crippen LogP contribution is -2.63. The Labute approximate surface area is 73.5 Å². The summed E-state index contributed by atoms with van der Waals surface area (Å²) in [7, 11) is 0. The largest absolute Gasteiger partial charge is 0.314 e. The van der Waals surface area contributed by atoms with Crippen LogP contribution in [0.5, 0.6) is 0 Å². The molecule has 0 aliphatic carbocycles. The standard InChI is InChI=1S/C8H18N4/c1-3-11-7(5-9-1)8-6-10-2-4-12-8/h7-12H,1-6H2/t7-,8-/m1/s1. The lowest BCUT2D eigenvalue weighted by molar-refractivity contribution is 0.294. The Kier molecular flexibility index (Phi) is 2.94. The fourth-order valence-corrected chi connectivity index (χ4v) is 1.92. The van der Waals surface area contributed by atoms with Crippen molar-refractivity contribution in [1.82, 2.24) is 21.3 Å². The molecule has 4 heteroatoms. The van der Waals surface area contributed by atoms with Crippen molar-refractivity contribution in [1.29, 1.82) is 0 Å². The smallest absolute Gasteiger partial charge is 0.0359 e. The molecular formula is C8H18N4. The predicted octanol–water partition coefficient (Wildman–Crippen LogP) is -1.89. The second-order valence-corrected chi connectivity index (χ2v) is 3.53. The van der Waals surface area contributed by atoms with Crippen LogP contribution >= 0.6 is 0 Å². The van der Waals surface area contributed by atoms with E-state index < -0.39 is 0 Å². The maximum absolute atomic E-state index is 3.52. The van der Waals surface area contributed by atoms with E-state index in [2.05, 4.69) is 21.3 Å². The lowest BCUT2D eigenvalue weighted by atomic mass is 10.1. The molecule has 70 valence electrons. The average Bonchev–Trinajstić information content (AvgIpc) is 2.21. The number of nitrogens with one attached hydrogen (secondary N) is 4. The molecule has 0 aromatic rings. The zero-order valence-corrected chi connectivity index (χ0v) is 7.40. The first kappa shape index (κ1) is 8.44. The lowest BCUT2D eigenvalue weighted by Gasteiger charge is -2.35. The third-order valence-electron chi connectivity index (χ3n) is 2.63. The summed E-state index contributed by atoms with van der Waals surface area (Å²) in [6.07, 6.45) is 0. The molecule has 0 aromatic heterocycles. The fourth-order valence-electron chi connectivity index (χ4n) is 1.92. The number of hydrogen-bond acceptors (Lipinski definition) is 4. The maximum Gasteiger partial charge on any atom is 0.0359 e. The van der Waals surface area contributed by atoms with Gasteiger partial charge in [-0.05, 0) is 0 Å². The highest BCUT2D eigenvalue weighted by molar-refractivity contribution is 4.90. The van der Waals surface area contributed by atoms with Gasteiger partial charge in [0, 0.05) is 51.4 Å². The van der Waals surface area contributed by atoms with Crippen molar-refractivity contribution >= 4 is 0 Å². The van der Waals surface area contributed by atoms with E-state index in [1.807, 2.05) is 0 Å². The molecule has 0 aromatic carbocycles. The summed E-state index contributed by atoms with van der Waals surface area (Å²) in [5.41, 5.74) is 0. The van der Waals surface area contributed by atoms with Crippen molar-refractivity contribution < 1.29 is 0 Å². The van der Waals surface area contributed by atoms with E-state index in [4.69, 9.17) is 0 Å². The summed E-state index contributed by atoms with van der Waals surface area (Å²) < 4.78 is 0. The maximum atomic E-state index is 3.52. The number of piperazine rings is 2. The van der Waals surface area contributed by atoms with Crippen molar-refractivity contribution in [2.24, 2.45) is 0 Å². The Bertz CT molecular complexity index is 111. The minimum atomic E-state index is 0.603. The Hall–Kier alpha value is -0.160. The van der Waals surface area contributed by atoms with Gasteiger partial charge in [-0.25, -0.2) is 0 Å². The molecule has 2 saturated heterocycles. The molecule has 4 N–H and O–H groups in total. The van der Waals surface area contributed by atoms with Gasteiger partial charge in [0.2, 0.25) is 0 Å². The second kappa shape index (κ2) is 4.18. The van der Waals surface area contributed by atoms with Crippen LogP contribution in [0.25, 0.3) is 0 Å². The van der Waals surface area contributed by atoms with Crippen LogP contribution in [0.1, 0.15) is 0 Å². The predicted molar refractivity (Wildman–Crippen MR) is 49.3 cm³/mol. The topological polar surface area (TPSA) is 48.1 Å². The van der Waals surface area contributed by atoms with Gasteiger partial charge in [-0.1, -0.05) is 0 Å². The molecule has 0 radical (unpaired) electrons. The molecule has 2 rings (SSSR count). The van der Waals surface area contributed by atoms with Crippen LogP contribution in [0.15, 0.2) is 0 Å². The highest BCUT2D eigenvalue weighted by atomic mass is 15.1. The van der Waals surface area contributed by atoms with Crippen LogP contribution in [0, 0.1) is 0 Å². The van der Waals surface area contributed by atoms with Gasteiger partial charge >= 0.3 is 0 Å². The van der Waals surface area contributed by atoms with Gasteiger partial charge in [-0.2, -0.15) is 0 Å². The van der Waals surface area contributed by atoms with Gasteiger partial charge in [-0.3, -0.25) is 0 Å². The van der Waals surface area contributed by atoms with Crippen molar-refractivity contribution in [2.75, 3.05) is 39.3 Å². The molecular weight excluding hydrogens is 152 g/mol. The first-order valence-electron chi connectivity index (χ1n) is 4.85. The van der Waals surface area contributed by atoms with E-state index in [1.54, 1.807) is 0 Å². The molecule has 4 nitrogen and oxygen atoms in total. The van der Waals surface area contributed by atoms with E-state index in [0.29, 0.717) is 12.1 Å². The van der Waals surface area contributed by atoms with Crippen molar-refractivity contribution in [3.8, 4) is 0 Å². The number of hydrogen-bond donors (Lipinski definition) is 4. The van der Waals surface area contributed by atoms with Gasteiger partial charge < -0.3 is 21.3 Å². The third-order valence-corrected chi connectivity index (χ3v) is 2.63. The van der Waals surface area contributed by atoms with Gasteiger partial charge in [0.05, 0.1) is 0 Å². The first-order valence-corrected chi connectivity index (χ1v) is 4.85. The molecule has 0 amide bonds. The molecule has 2 aliphatic rings. The van der Waals surface area contributed by atoms with E-state index in [-0.39, 0.29) is 0 Å². The summed E-state index contributed by atoms with van der Waals surface area (Å²) in [6, 6.07) is 1.21. The normalized spacial score (nSPS) is 38.0. The van der Waals surface area contributed by atoms with Gasteiger partial charge in [0.15, 0.2) is 0 Å². The Balaban J connectivity index is 1.80. The van der Waals surface area contributed by atoms with Crippen LogP contribution in [0.2, 0.25) is 0 Å². The molecule has 2 aliphatic heterocycles. The molecule has 2 fully saturated rings. The van der Waals surface area contributed by atoms with Crippen LogP contribution in [-0.4, -0.2) is 51.4 Å². The van der Waals surface area contributed by atoms with Crippen molar-refractivity contribution in [3.05, 3.63) is 0 Å². The molecule has 2 heterocycles.